The van der Waals surface area contributed by atoms with Crippen LogP contribution in [0.15, 0.2) is 170 Å². The van der Waals surface area contributed by atoms with Crippen molar-refractivity contribution >= 4 is 67.3 Å². The first kappa shape index (κ1) is 25.9. The lowest BCUT2D eigenvalue weighted by atomic mass is 10.1. The Kier molecular flexibility index (Phi) is 6.06. The average Bonchev–Trinajstić information content (AvgIpc) is 3.65. The van der Waals surface area contributed by atoms with Crippen molar-refractivity contribution in [2.45, 2.75) is 16.0 Å². The third kappa shape index (κ3) is 4.41. The molecule has 8 aromatic rings. The molecule has 0 fully saturated rings. The number of hydrogen-bond acceptors (Lipinski definition) is 5. The first-order chi connectivity index (χ1) is 22.3. The standard InChI is InChI=1S/C39H26N4OS/c1-4-12-25(13-5-1)37-40-38(26-14-6-2-7-15-26)42-39(41-37)43-33-23-20-28(45-27-16-8-3-9-17-27)24-32(33)30-21-22-31-29-18-10-11-19-34(29)44-36(31)35(30)43/h1-24,37H,(H,40,41,42). The highest BCUT2D eigenvalue weighted by Gasteiger charge is 2.26. The number of nitrogens with one attached hydrogen (secondary N) is 1. The van der Waals surface area contributed by atoms with Crippen LogP contribution in [0.2, 0.25) is 0 Å². The van der Waals surface area contributed by atoms with Crippen LogP contribution in [0.4, 0.5) is 0 Å². The molecule has 1 unspecified atom stereocenters. The molecule has 0 saturated carbocycles. The number of aromatic nitrogens is 1. The Labute approximate surface area is 263 Å². The van der Waals surface area contributed by atoms with E-state index in [4.69, 9.17) is 14.4 Å². The van der Waals surface area contributed by atoms with E-state index in [0.29, 0.717) is 5.96 Å². The van der Waals surface area contributed by atoms with Crippen molar-refractivity contribution in [1.82, 2.24) is 9.88 Å². The molecule has 6 aromatic carbocycles. The number of furan rings is 1. The van der Waals surface area contributed by atoms with Crippen LogP contribution in [0.25, 0.3) is 43.7 Å². The molecule has 0 spiro atoms. The van der Waals surface area contributed by atoms with Crippen molar-refractivity contribution in [3.05, 3.63) is 157 Å². The number of rotatable bonds is 4. The molecule has 9 rings (SSSR count). The second kappa shape index (κ2) is 10.5. The largest absolute Gasteiger partial charge is 0.454 e. The van der Waals surface area contributed by atoms with E-state index in [9.17, 15) is 0 Å². The third-order valence-electron chi connectivity index (χ3n) is 8.31. The lowest BCUT2D eigenvalue weighted by molar-refractivity contribution is 0.665. The van der Waals surface area contributed by atoms with E-state index in [1.54, 1.807) is 11.8 Å². The molecule has 6 heteroatoms. The topological polar surface area (TPSA) is 54.8 Å². The van der Waals surface area contributed by atoms with Gasteiger partial charge in [-0.05, 0) is 48.0 Å². The first-order valence-corrected chi connectivity index (χ1v) is 15.8. The summed E-state index contributed by atoms with van der Waals surface area (Å²) < 4.78 is 8.82. The van der Waals surface area contributed by atoms with Gasteiger partial charge in [0, 0.05) is 36.9 Å². The molecule has 0 radical (unpaired) electrons. The predicted molar refractivity (Wildman–Crippen MR) is 185 cm³/mol. The summed E-state index contributed by atoms with van der Waals surface area (Å²) in [5.74, 6) is 1.38. The van der Waals surface area contributed by atoms with Gasteiger partial charge in [0.15, 0.2) is 5.58 Å². The van der Waals surface area contributed by atoms with Crippen LogP contribution in [0.3, 0.4) is 0 Å². The summed E-state index contributed by atoms with van der Waals surface area (Å²) in [5, 5.41) is 7.98. The second-order valence-electron chi connectivity index (χ2n) is 11.1. The van der Waals surface area contributed by atoms with Crippen LogP contribution in [-0.4, -0.2) is 16.4 Å². The van der Waals surface area contributed by atoms with Crippen LogP contribution in [0.5, 0.6) is 0 Å². The molecule has 5 nitrogen and oxygen atoms in total. The highest BCUT2D eigenvalue weighted by molar-refractivity contribution is 7.99. The predicted octanol–water partition coefficient (Wildman–Crippen LogP) is 9.80. The van der Waals surface area contributed by atoms with Gasteiger partial charge in [-0.15, -0.1) is 0 Å². The molecular formula is C39H26N4OS. The number of amidine groups is 1. The Balaban J connectivity index is 1.34. The minimum atomic E-state index is -0.316. The van der Waals surface area contributed by atoms with E-state index in [0.717, 1.165) is 60.7 Å². The fraction of sp³-hybridized carbons (Fsp3) is 0.0256. The summed E-state index contributed by atoms with van der Waals surface area (Å²) in [7, 11) is 0. The zero-order valence-corrected chi connectivity index (χ0v) is 24.9. The molecule has 0 saturated heterocycles. The Morgan fingerprint density at radius 3 is 2.16 bits per heavy atom. The Bertz CT molecular complexity index is 2430. The molecular weight excluding hydrogens is 573 g/mol. The molecule has 3 heterocycles. The normalized spacial score (nSPS) is 15.0. The number of fused-ring (bicyclic) bond motifs is 7. The molecule has 0 amide bonds. The molecule has 45 heavy (non-hydrogen) atoms. The minimum Gasteiger partial charge on any atom is -0.454 e. The van der Waals surface area contributed by atoms with Crippen molar-refractivity contribution in [2.75, 3.05) is 0 Å². The van der Waals surface area contributed by atoms with Gasteiger partial charge in [0.2, 0.25) is 5.96 Å². The Morgan fingerprint density at radius 2 is 1.33 bits per heavy atom. The zero-order valence-electron chi connectivity index (χ0n) is 24.1. The quantitative estimate of drug-likeness (QED) is 0.219. The van der Waals surface area contributed by atoms with Gasteiger partial charge in [-0.1, -0.05) is 115 Å². The summed E-state index contributed by atoms with van der Waals surface area (Å²) >= 11 is 1.76. The van der Waals surface area contributed by atoms with Crippen LogP contribution < -0.4 is 5.32 Å². The zero-order chi connectivity index (χ0) is 29.7. The molecule has 1 aliphatic heterocycles. The van der Waals surface area contributed by atoms with Gasteiger partial charge < -0.3 is 9.73 Å². The van der Waals surface area contributed by atoms with Gasteiger partial charge in [0.1, 0.15) is 23.1 Å². The van der Waals surface area contributed by atoms with Gasteiger partial charge >= 0.3 is 0 Å². The summed E-state index contributed by atoms with van der Waals surface area (Å²) in [4.78, 5) is 12.8. The maximum atomic E-state index is 6.63. The molecule has 2 aromatic heterocycles. The number of benzene rings is 6. The van der Waals surface area contributed by atoms with E-state index in [1.807, 2.05) is 54.6 Å². The Morgan fingerprint density at radius 1 is 0.622 bits per heavy atom. The molecule has 0 bridgehead atoms. The van der Waals surface area contributed by atoms with Crippen molar-refractivity contribution in [3.63, 3.8) is 0 Å². The molecule has 1 N–H and O–H groups in total. The monoisotopic (exact) mass is 598 g/mol. The maximum absolute atomic E-state index is 6.63. The van der Waals surface area contributed by atoms with Crippen LogP contribution in [0, 0.1) is 0 Å². The van der Waals surface area contributed by atoms with Gasteiger partial charge in [-0.2, -0.15) is 4.99 Å². The summed E-state index contributed by atoms with van der Waals surface area (Å²) in [6.07, 6.45) is -0.316. The lowest BCUT2D eigenvalue weighted by Crippen LogP contribution is -2.35. The molecule has 0 aliphatic carbocycles. The lowest BCUT2D eigenvalue weighted by Gasteiger charge is -2.24. The second-order valence-corrected chi connectivity index (χ2v) is 12.2. The Hall–Kier alpha value is -5.59. The van der Waals surface area contributed by atoms with E-state index in [-0.39, 0.29) is 6.17 Å². The highest BCUT2D eigenvalue weighted by atomic mass is 32.2. The van der Waals surface area contributed by atoms with Gasteiger partial charge in [0.05, 0.1) is 5.52 Å². The fourth-order valence-electron chi connectivity index (χ4n) is 6.24. The van der Waals surface area contributed by atoms with Crippen molar-refractivity contribution in [3.8, 4) is 0 Å². The fourth-order valence-corrected chi connectivity index (χ4v) is 7.12. The first-order valence-electron chi connectivity index (χ1n) is 15.0. The number of aliphatic imine (C=N–C) groups is 2. The van der Waals surface area contributed by atoms with E-state index in [1.165, 1.54) is 9.79 Å². The summed E-state index contributed by atoms with van der Waals surface area (Å²) in [6, 6.07) is 50.3. The molecule has 1 aliphatic rings. The number of hydrogen-bond donors (Lipinski definition) is 1. The van der Waals surface area contributed by atoms with E-state index in [2.05, 4.69) is 101 Å². The summed E-state index contributed by atoms with van der Waals surface area (Å²) in [6.45, 7) is 0. The van der Waals surface area contributed by atoms with Crippen LogP contribution >= 0.6 is 11.8 Å². The summed E-state index contributed by atoms with van der Waals surface area (Å²) in [5.41, 5.74) is 5.75. The smallest absolute Gasteiger partial charge is 0.234 e. The van der Waals surface area contributed by atoms with Gasteiger partial charge in [0.25, 0.3) is 0 Å². The minimum absolute atomic E-state index is 0.316. The SMILES string of the molecule is c1ccc(Sc2ccc3c(c2)c2ccc4c5ccccc5oc4c2n3C2=NC(c3ccccc3)NC(c3ccccc3)=N2)cc1. The van der Waals surface area contributed by atoms with Gasteiger partial charge in [-0.3, -0.25) is 4.57 Å². The van der Waals surface area contributed by atoms with E-state index >= 15 is 0 Å². The van der Waals surface area contributed by atoms with E-state index < -0.39 is 0 Å². The molecule has 1 atom stereocenters. The van der Waals surface area contributed by atoms with Crippen molar-refractivity contribution < 1.29 is 4.42 Å². The third-order valence-corrected chi connectivity index (χ3v) is 9.31. The number of nitrogens with zero attached hydrogens (tertiary/aromatic N) is 3. The average molecular weight is 599 g/mol. The van der Waals surface area contributed by atoms with Crippen LogP contribution in [0.1, 0.15) is 17.3 Å². The van der Waals surface area contributed by atoms with Gasteiger partial charge in [-0.25, -0.2) is 4.99 Å². The van der Waals surface area contributed by atoms with Crippen LogP contribution in [-0.2, 0) is 0 Å². The maximum Gasteiger partial charge on any atom is 0.234 e. The number of para-hydroxylation sites is 1. The molecule has 214 valence electrons. The highest BCUT2D eigenvalue weighted by Crippen LogP contribution is 2.41. The van der Waals surface area contributed by atoms with Crippen molar-refractivity contribution in [1.29, 1.82) is 0 Å². The van der Waals surface area contributed by atoms with Crippen molar-refractivity contribution in [2.24, 2.45) is 9.98 Å².